The van der Waals surface area contributed by atoms with Crippen molar-refractivity contribution >= 4 is 0 Å². The normalized spacial score (nSPS) is 10.6. The van der Waals surface area contributed by atoms with Crippen LogP contribution in [0.5, 0.6) is 5.75 Å². The van der Waals surface area contributed by atoms with Crippen molar-refractivity contribution in [1.82, 2.24) is 0 Å². The zero-order chi connectivity index (χ0) is 11.8. The maximum atomic E-state index is 9.83. The van der Waals surface area contributed by atoms with E-state index in [-0.39, 0.29) is 0 Å². The number of phenolic OH excluding ortho intramolecular Hbond substituents is 1. The average molecular weight is 220 g/mol. The number of benzene rings is 1. The maximum absolute atomic E-state index is 9.83. The molecule has 0 aliphatic carbocycles. The van der Waals surface area contributed by atoms with Crippen LogP contribution in [0, 0.1) is 0 Å². The van der Waals surface area contributed by atoms with Crippen LogP contribution in [0.3, 0.4) is 0 Å². The van der Waals surface area contributed by atoms with Gasteiger partial charge in [-0.3, -0.25) is 0 Å². The van der Waals surface area contributed by atoms with Crippen LogP contribution in [-0.2, 0) is 12.8 Å². The molecule has 1 aromatic rings. The number of hydrogen-bond acceptors (Lipinski definition) is 1. The molecule has 90 valence electrons. The van der Waals surface area contributed by atoms with Gasteiger partial charge in [0.05, 0.1) is 0 Å². The van der Waals surface area contributed by atoms with Crippen LogP contribution in [0.25, 0.3) is 0 Å². The van der Waals surface area contributed by atoms with E-state index >= 15 is 0 Å². The van der Waals surface area contributed by atoms with Gasteiger partial charge >= 0.3 is 0 Å². The summed E-state index contributed by atoms with van der Waals surface area (Å²) in [6.45, 7) is 4.38. The van der Waals surface area contributed by atoms with Gasteiger partial charge in [-0.1, -0.05) is 51.7 Å². The van der Waals surface area contributed by atoms with Crippen molar-refractivity contribution in [2.75, 3.05) is 0 Å². The standard InChI is InChI=1S/C15H24O/c1-3-5-6-7-8-11-14-13(4-2)10-9-12-15(14)16/h9-10,12,16H,3-8,11H2,1-2H3. The van der Waals surface area contributed by atoms with Gasteiger partial charge in [-0.2, -0.15) is 0 Å². The van der Waals surface area contributed by atoms with Crippen LogP contribution in [0.2, 0.25) is 0 Å². The topological polar surface area (TPSA) is 20.2 Å². The van der Waals surface area contributed by atoms with Crippen molar-refractivity contribution in [1.29, 1.82) is 0 Å². The van der Waals surface area contributed by atoms with E-state index in [1.807, 2.05) is 6.07 Å². The van der Waals surface area contributed by atoms with Crippen molar-refractivity contribution in [3.05, 3.63) is 29.3 Å². The Bertz CT molecular complexity index is 304. The van der Waals surface area contributed by atoms with Crippen LogP contribution < -0.4 is 0 Å². The first-order valence-corrected chi connectivity index (χ1v) is 6.59. The van der Waals surface area contributed by atoms with Gasteiger partial charge in [-0.05, 0) is 36.5 Å². The summed E-state index contributed by atoms with van der Waals surface area (Å²) in [6, 6.07) is 5.87. The quantitative estimate of drug-likeness (QED) is 0.672. The first-order chi connectivity index (χ1) is 7.79. The lowest BCUT2D eigenvalue weighted by Gasteiger charge is -2.09. The van der Waals surface area contributed by atoms with Crippen molar-refractivity contribution in [2.45, 2.75) is 58.8 Å². The molecular formula is C15H24O. The number of phenols is 1. The van der Waals surface area contributed by atoms with E-state index < -0.39 is 0 Å². The second-order valence-electron chi connectivity index (χ2n) is 4.43. The predicted molar refractivity (Wildman–Crippen MR) is 69.9 cm³/mol. The minimum absolute atomic E-state index is 0.481. The minimum atomic E-state index is 0.481. The van der Waals surface area contributed by atoms with E-state index in [2.05, 4.69) is 19.9 Å². The molecule has 0 atom stereocenters. The number of rotatable bonds is 7. The molecular weight excluding hydrogens is 196 g/mol. The van der Waals surface area contributed by atoms with Gasteiger partial charge in [0.25, 0.3) is 0 Å². The van der Waals surface area contributed by atoms with Gasteiger partial charge in [0, 0.05) is 0 Å². The zero-order valence-electron chi connectivity index (χ0n) is 10.6. The molecule has 0 spiro atoms. The Morgan fingerprint density at radius 3 is 2.44 bits per heavy atom. The molecule has 0 radical (unpaired) electrons. The fourth-order valence-electron chi connectivity index (χ4n) is 2.15. The smallest absolute Gasteiger partial charge is 0.119 e. The predicted octanol–water partition coefficient (Wildman–Crippen LogP) is 4.47. The molecule has 0 heterocycles. The third-order valence-electron chi connectivity index (χ3n) is 3.16. The number of hydrogen-bond donors (Lipinski definition) is 1. The van der Waals surface area contributed by atoms with Gasteiger partial charge in [-0.25, -0.2) is 0 Å². The zero-order valence-corrected chi connectivity index (χ0v) is 10.6. The Hall–Kier alpha value is -0.980. The summed E-state index contributed by atoms with van der Waals surface area (Å²) in [6.07, 6.45) is 8.47. The van der Waals surface area contributed by atoms with E-state index in [1.54, 1.807) is 6.07 Å². The summed E-state index contributed by atoms with van der Waals surface area (Å²) in [5.41, 5.74) is 2.47. The summed E-state index contributed by atoms with van der Waals surface area (Å²) in [5, 5.41) is 9.83. The number of unbranched alkanes of at least 4 members (excludes halogenated alkanes) is 4. The van der Waals surface area contributed by atoms with Crippen molar-refractivity contribution < 1.29 is 5.11 Å². The highest BCUT2D eigenvalue weighted by Crippen LogP contribution is 2.23. The molecule has 1 nitrogen and oxygen atoms in total. The minimum Gasteiger partial charge on any atom is -0.508 e. The second-order valence-corrected chi connectivity index (χ2v) is 4.43. The molecule has 0 fully saturated rings. The molecule has 16 heavy (non-hydrogen) atoms. The van der Waals surface area contributed by atoms with E-state index in [1.165, 1.54) is 43.2 Å². The van der Waals surface area contributed by atoms with Crippen LogP contribution in [-0.4, -0.2) is 5.11 Å². The summed E-state index contributed by atoms with van der Waals surface area (Å²) in [4.78, 5) is 0. The highest BCUT2D eigenvalue weighted by molar-refractivity contribution is 5.39. The fourth-order valence-corrected chi connectivity index (χ4v) is 2.15. The molecule has 1 aromatic carbocycles. The summed E-state index contributed by atoms with van der Waals surface area (Å²) >= 11 is 0. The van der Waals surface area contributed by atoms with Crippen LogP contribution in [0.4, 0.5) is 0 Å². The van der Waals surface area contributed by atoms with E-state index in [0.29, 0.717) is 5.75 Å². The summed E-state index contributed by atoms with van der Waals surface area (Å²) in [5.74, 6) is 0.481. The van der Waals surface area contributed by atoms with Gasteiger partial charge in [0.1, 0.15) is 5.75 Å². The highest BCUT2D eigenvalue weighted by Gasteiger charge is 2.05. The van der Waals surface area contributed by atoms with Crippen molar-refractivity contribution in [3.63, 3.8) is 0 Å². The lowest BCUT2D eigenvalue weighted by atomic mass is 9.98. The van der Waals surface area contributed by atoms with Crippen molar-refractivity contribution in [3.8, 4) is 5.75 Å². The van der Waals surface area contributed by atoms with Gasteiger partial charge in [-0.15, -0.1) is 0 Å². The molecule has 0 aliphatic rings. The molecule has 0 aromatic heterocycles. The largest absolute Gasteiger partial charge is 0.508 e. The Morgan fingerprint density at radius 1 is 1.00 bits per heavy atom. The van der Waals surface area contributed by atoms with E-state index in [4.69, 9.17) is 0 Å². The van der Waals surface area contributed by atoms with Gasteiger partial charge in [0.2, 0.25) is 0 Å². The third-order valence-corrected chi connectivity index (χ3v) is 3.16. The lowest BCUT2D eigenvalue weighted by Crippen LogP contribution is -1.94. The molecule has 0 unspecified atom stereocenters. The molecule has 0 aliphatic heterocycles. The van der Waals surface area contributed by atoms with Crippen molar-refractivity contribution in [2.24, 2.45) is 0 Å². The Morgan fingerprint density at radius 2 is 1.75 bits per heavy atom. The fraction of sp³-hybridized carbons (Fsp3) is 0.600. The van der Waals surface area contributed by atoms with Crippen LogP contribution in [0.1, 0.15) is 57.1 Å². The lowest BCUT2D eigenvalue weighted by molar-refractivity contribution is 0.465. The van der Waals surface area contributed by atoms with Crippen LogP contribution >= 0.6 is 0 Å². The molecule has 1 heteroatoms. The van der Waals surface area contributed by atoms with Gasteiger partial charge < -0.3 is 5.11 Å². The average Bonchev–Trinajstić information content (AvgIpc) is 2.30. The molecule has 0 saturated heterocycles. The molecule has 1 N–H and O–H groups in total. The first-order valence-electron chi connectivity index (χ1n) is 6.59. The first kappa shape index (κ1) is 13.1. The highest BCUT2D eigenvalue weighted by atomic mass is 16.3. The molecule has 0 amide bonds. The maximum Gasteiger partial charge on any atom is 0.119 e. The SMILES string of the molecule is CCCCCCCc1c(O)cccc1CC. The summed E-state index contributed by atoms with van der Waals surface area (Å²) < 4.78 is 0. The van der Waals surface area contributed by atoms with Gasteiger partial charge in [0.15, 0.2) is 0 Å². The molecule has 0 saturated carbocycles. The second kappa shape index (κ2) is 7.32. The summed E-state index contributed by atoms with van der Waals surface area (Å²) in [7, 11) is 0. The number of aryl methyl sites for hydroxylation is 1. The Labute approximate surface area is 99.5 Å². The molecule has 1 rings (SSSR count). The molecule has 0 bridgehead atoms. The Balaban J connectivity index is 2.46. The van der Waals surface area contributed by atoms with Crippen LogP contribution in [0.15, 0.2) is 18.2 Å². The number of aromatic hydroxyl groups is 1. The van der Waals surface area contributed by atoms with E-state index in [0.717, 1.165) is 12.8 Å². The third kappa shape index (κ3) is 3.88. The Kier molecular flexibility index (Phi) is 5.99. The monoisotopic (exact) mass is 220 g/mol. The van der Waals surface area contributed by atoms with E-state index in [9.17, 15) is 5.11 Å².